The molecule has 1 aliphatic rings. The molecule has 0 aromatic heterocycles. The molecule has 1 heterocycles. The predicted molar refractivity (Wildman–Crippen MR) is 91.6 cm³/mol. The highest BCUT2D eigenvalue weighted by atomic mass is 79.9. The van der Waals surface area contributed by atoms with Gasteiger partial charge in [0, 0.05) is 15.7 Å². The molecule has 1 aromatic rings. The maximum Gasteiger partial charge on any atom is 0.338 e. The average molecular weight is 385 g/mol. The number of benzene rings is 1. The minimum absolute atomic E-state index is 0.308. The Morgan fingerprint density at radius 2 is 2.18 bits per heavy atom. The molecular weight excluding hydrogens is 368 g/mol. The number of hydrogen-bond acceptors (Lipinski definition) is 4. The van der Waals surface area contributed by atoms with Crippen LogP contribution in [0.25, 0.3) is 0 Å². The third-order valence-corrected chi connectivity index (χ3v) is 3.98. The Hall–Kier alpha value is -1.60. The summed E-state index contributed by atoms with van der Waals surface area (Å²) < 4.78 is 11.5. The van der Waals surface area contributed by atoms with Crippen LogP contribution in [-0.2, 0) is 9.53 Å². The zero-order valence-electron chi connectivity index (χ0n) is 12.5. The van der Waals surface area contributed by atoms with Crippen molar-refractivity contribution in [3.63, 3.8) is 0 Å². The second-order valence-corrected chi connectivity index (χ2v) is 6.00. The number of ether oxygens (including phenoxy) is 2. The molecule has 0 radical (unpaired) electrons. The maximum atomic E-state index is 12.3. The van der Waals surface area contributed by atoms with E-state index in [0.29, 0.717) is 28.7 Å². The summed E-state index contributed by atoms with van der Waals surface area (Å²) in [6, 6.07) is 5.18. The van der Waals surface area contributed by atoms with Crippen LogP contribution >= 0.6 is 28.1 Å². The lowest BCUT2D eigenvalue weighted by molar-refractivity contribution is -0.139. The van der Waals surface area contributed by atoms with E-state index in [1.54, 1.807) is 21.0 Å². The lowest BCUT2D eigenvalue weighted by Gasteiger charge is -2.30. The fraction of sp³-hybridized carbons (Fsp3) is 0.333. The summed E-state index contributed by atoms with van der Waals surface area (Å²) in [6.07, 6.45) is 0. The lowest BCUT2D eigenvalue weighted by atomic mass is 9.95. The highest BCUT2D eigenvalue weighted by Gasteiger charge is 2.32. The van der Waals surface area contributed by atoms with Gasteiger partial charge in [-0.05, 0) is 44.3 Å². The van der Waals surface area contributed by atoms with Crippen LogP contribution in [-0.4, -0.2) is 24.8 Å². The summed E-state index contributed by atoms with van der Waals surface area (Å²) >= 11 is 8.66. The molecule has 118 valence electrons. The van der Waals surface area contributed by atoms with E-state index in [2.05, 4.69) is 26.6 Å². The number of esters is 1. The van der Waals surface area contributed by atoms with E-state index in [9.17, 15) is 4.79 Å². The van der Waals surface area contributed by atoms with Crippen LogP contribution in [0.2, 0.25) is 0 Å². The molecule has 0 aliphatic carbocycles. The number of thiocarbonyl (C=S) groups is 1. The molecule has 0 bridgehead atoms. The number of hydrogen-bond donors (Lipinski definition) is 2. The van der Waals surface area contributed by atoms with Crippen molar-refractivity contribution >= 4 is 39.2 Å². The van der Waals surface area contributed by atoms with Gasteiger partial charge in [0.1, 0.15) is 5.75 Å². The first kappa shape index (κ1) is 16.8. The Kier molecular flexibility index (Phi) is 5.42. The standard InChI is InChI=1S/C15H17BrN2O3S/c1-4-21-14(19)12-8(2)17-15(22)18-13(12)10-7-9(16)5-6-11(10)20-3/h5-7,13H,4H2,1-3H3,(H2,17,18,22)/t13-/m0/s1. The lowest BCUT2D eigenvalue weighted by Crippen LogP contribution is -2.45. The quantitative estimate of drug-likeness (QED) is 0.614. The van der Waals surface area contributed by atoms with Crippen LogP contribution in [0.4, 0.5) is 0 Å². The minimum Gasteiger partial charge on any atom is -0.496 e. The van der Waals surface area contributed by atoms with Gasteiger partial charge < -0.3 is 20.1 Å². The summed E-state index contributed by atoms with van der Waals surface area (Å²) in [5.74, 6) is 0.287. The van der Waals surface area contributed by atoms with Crippen molar-refractivity contribution < 1.29 is 14.3 Å². The Balaban J connectivity index is 2.55. The number of methoxy groups -OCH3 is 1. The zero-order valence-corrected chi connectivity index (χ0v) is 14.9. The number of halogens is 1. The number of rotatable bonds is 4. The molecule has 0 saturated carbocycles. The van der Waals surface area contributed by atoms with Crippen molar-refractivity contribution in [1.82, 2.24) is 10.6 Å². The van der Waals surface area contributed by atoms with Gasteiger partial charge in [0.15, 0.2) is 5.11 Å². The molecule has 1 aromatic carbocycles. The van der Waals surface area contributed by atoms with E-state index in [-0.39, 0.29) is 5.97 Å². The largest absolute Gasteiger partial charge is 0.496 e. The number of carbonyl (C=O) groups excluding carboxylic acids is 1. The normalized spacial score (nSPS) is 17.6. The van der Waals surface area contributed by atoms with Crippen molar-refractivity contribution in [3.05, 3.63) is 39.5 Å². The molecule has 1 aliphatic heterocycles. The van der Waals surface area contributed by atoms with E-state index in [0.717, 1.165) is 10.0 Å². The molecule has 1 atom stereocenters. The summed E-state index contributed by atoms with van der Waals surface area (Å²) in [5.41, 5.74) is 1.98. The third kappa shape index (κ3) is 3.41. The van der Waals surface area contributed by atoms with Crippen LogP contribution in [0.1, 0.15) is 25.5 Å². The molecule has 0 spiro atoms. The summed E-state index contributed by atoms with van der Waals surface area (Å²) in [6.45, 7) is 3.88. The Morgan fingerprint density at radius 1 is 1.45 bits per heavy atom. The first-order valence-electron chi connectivity index (χ1n) is 6.76. The van der Waals surface area contributed by atoms with Gasteiger partial charge >= 0.3 is 5.97 Å². The second kappa shape index (κ2) is 7.11. The van der Waals surface area contributed by atoms with Gasteiger partial charge in [0.2, 0.25) is 0 Å². The highest BCUT2D eigenvalue weighted by Crippen LogP contribution is 2.35. The van der Waals surface area contributed by atoms with E-state index in [1.807, 2.05) is 18.2 Å². The van der Waals surface area contributed by atoms with Crippen LogP contribution in [0.3, 0.4) is 0 Å². The fourth-order valence-electron chi connectivity index (χ4n) is 2.34. The van der Waals surface area contributed by atoms with Gasteiger partial charge in [-0.3, -0.25) is 0 Å². The Labute approximate surface area is 143 Å². The molecule has 0 saturated heterocycles. The van der Waals surface area contributed by atoms with Gasteiger partial charge in [0.25, 0.3) is 0 Å². The third-order valence-electron chi connectivity index (χ3n) is 3.27. The number of carbonyl (C=O) groups is 1. The zero-order chi connectivity index (χ0) is 16.3. The van der Waals surface area contributed by atoms with Crippen LogP contribution in [0, 0.1) is 0 Å². The van der Waals surface area contributed by atoms with Gasteiger partial charge in [0.05, 0.1) is 25.3 Å². The molecule has 2 rings (SSSR count). The number of nitrogens with one attached hydrogen (secondary N) is 2. The van der Waals surface area contributed by atoms with E-state index in [1.165, 1.54) is 0 Å². The second-order valence-electron chi connectivity index (χ2n) is 4.68. The molecular formula is C15H17BrN2O3S. The van der Waals surface area contributed by atoms with Crippen LogP contribution in [0.15, 0.2) is 33.9 Å². The monoisotopic (exact) mass is 384 g/mol. The summed E-state index contributed by atoms with van der Waals surface area (Å²) in [5, 5.41) is 6.54. The van der Waals surface area contributed by atoms with Crippen molar-refractivity contribution in [1.29, 1.82) is 0 Å². The molecule has 2 N–H and O–H groups in total. The molecule has 0 fully saturated rings. The van der Waals surface area contributed by atoms with Crippen molar-refractivity contribution in [2.45, 2.75) is 19.9 Å². The SMILES string of the molecule is CCOC(=O)C1=C(C)NC(=S)N[C@H]1c1cc(Br)ccc1OC. The van der Waals surface area contributed by atoms with Crippen molar-refractivity contribution in [3.8, 4) is 5.75 Å². The molecule has 7 heteroatoms. The predicted octanol–water partition coefficient (Wildman–Crippen LogP) is 2.81. The molecule has 0 amide bonds. The maximum absolute atomic E-state index is 12.3. The average Bonchev–Trinajstić information content (AvgIpc) is 2.46. The topological polar surface area (TPSA) is 59.6 Å². The molecule has 0 unspecified atom stereocenters. The van der Waals surface area contributed by atoms with Gasteiger partial charge in [-0.25, -0.2) is 4.79 Å². The van der Waals surface area contributed by atoms with Crippen molar-refractivity contribution in [2.75, 3.05) is 13.7 Å². The van der Waals surface area contributed by atoms with Crippen molar-refractivity contribution in [2.24, 2.45) is 0 Å². The summed E-state index contributed by atoms with van der Waals surface area (Å²) in [7, 11) is 1.59. The van der Waals surface area contributed by atoms with Gasteiger partial charge in [-0.2, -0.15) is 0 Å². The smallest absolute Gasteiger partial charge is 0.338 e. The Morgan fingerprint density at radius 3 is 2.82 bits per heavy atom. The first-order chi connectivity index (χ1) is 10.5. The summed E-state index contributed by atoms with van der Waals surface area (Å²) in [4.78, 5) is 12.3. The fourth-order valence-corrected chi connectivity index (χ4v) is 2.99. The van der Waals surface area contributed by atoms with E-state index in [4.69, 9.17) is 21.7 Å². The van der Waals surface area contributed by atoms with Gasteiger partial charge in [-0.1, -0.05) is 15.9 Å². The highest BCUT2D eigenvalue weighted by molar-refractivity contribution is 9.10. The van der Waals surface area contributed by atoms with Crippen LogP contribution < -0.4 is 15.4 Å². The molecule has 5 nitrogen and oxygen atoms in total. The minimum atomic E-state index is -0.430. The molecule has 22 heavy (non-hydrogen) atoms. The Bertz CT molecular complexity index is 646. The van der Waals surface area contributed by atoms with Gasteiger partial charge in [-0.15, -0.1) is 0 Å². The van der Waals surface area contributed by atoms with E-state index < -0.39 is 6.04 Å². The van der Waals surface area contributed by atoms with E-state index >= 15 is 0 Å². The first-order valence-corrected chi connectivity index (χ1v) is 7.96. The van der Waals surface area contributed by atoms with Crippen LogP contribution in [0.5, 0.6) is 5.75 Å². The number of allylic oxidation sites excluding steroid dienone is 1.